The van der Waals surface area contributed by atoms with Crippen molar-refractivity contribution < 1.29 is 24.2 Å². The summed E-state index contributed by atoms with van der Waals surface area (Å²) in [6.45, 7) is 2.55. The van der Waals surface area contributed by atoms with E-state index >= 15 is 0 Å². The van der Waals surface area contributed by atoms with Crippen molar-refractivity contribution in [3.05, 3.63) is 71.3 Å². The topological polar surface area (TPSA) is 109 Å². The van der Waals surface area contributed by atoms with E-state index in [4.69, 9.17) is 14.6 Å². The van der Waals surface area contributed by atoms with Crippen molar-refractivity contribution in [1.29, 1.82) is 0 Å². The van der Waals surface area contributed by atoms with Gasteiger partial charge in [-0.3, -0.25) is 4.79 Å². The molecule has 8 nitrogen and oxygen atoms in total. The van der Waals surface area contributed by atoms with E-state index in [0.29, 0.717) is 18.0 Å². The first kappa shape index (κ1) is 25.7. The summed E-state index contributed by atoms with van der Waals surface area (Å²) in [7, 11) is 1.92. The Morgan fingerprint density at radius 3 is 2.62 bits per heavy atom. The fraction of sp³-hybridized carbons (Fsp3) is 0.462. The van der Waals surface area contributed by atoms with Crippen LogP contribution in [0.25, 0.3) is 0 Å². The van der Waals surface area contributed by atoms with Gasteiger partial charge in [0, 0.05) is 37.9 Å². The van der Waals surface area contributed by atoms with Gasteiger partial charge in [0.05, 0.1) is 6.61 Å². The van der Waals surface area contributed by atoms with E-state index in [1.165, 1.54) is 0 Å². The number of amides is 2. The van der Waals surface area contributed by atoms with Crippen molar-refractivity contribution >= 4 is 12.0 Å². The Morgan fingerprint density at radius 2 is 1.91 bits per heavy atom. The van der Waals surface area contributed by atoms with Crippen molar-refractivity contribution in [2.45, 2.75) is 31.4 Å². The molecular formula is C26H35N3O5. The van der Waals surface area contributed by atoms with Gasteiger partial charge < -0.3 is 30.5 Å². The average molecular weight is 470 g/mol. The normalized spacial score (nSPS) is 17.5. The van der Waals surface area contributed by atoms with Crippen LogP contribution in [0, 0.1) is 5.92 Å². The lowest BCUT2D eigenvalue weighted by atomic mass is 9.94. The number of carboxylic acid groups (broad SMARTS) is 1. The molecule has 3 atom stereocenters. The Labute approximate surface area is 201 Å². The van der Waals surface area contributed by atoms with E-state index < -0.39 is 12.2 Å². The van der Waals surface area contributed by atoms with Crippen LogP contribution in [-0.4, -0.2) is 63.1 Å². The molecule has 0 spiro atoms. The second-order valence-corrected chi connectivity index (χ2v) is 8.53. The molecule has 0 saturated carbocycles. The van der Waals surface area contributed by atoms with Crippen LogP contribution in [0.2, 0.25) is 0 Å². The molecule has 0 aromatic heterocycles. The zero-order valence-electron chi connectivity index (χ0n) is 19.7. The second-order valence-electron chi connectivity index (χ2n) is 8.53. The van der Waals surface area contributed by atoms with Crippen molar-refractivity contribution in [3.63, 3.8) is 0 Å². The van der Waals surface area contributed by atoms with Crippen molar-refractivity contribution in [3.8, 4) is 0 Å². The maximum absolute atomic E-state index is 12.9. The molecule has 2 aromatic carbocycles. The molecule has 3 rings (SSSR count). The molecular weight excluding hydrogens is 434 g/mol. The Bertz CT molecular complexity index is 902. The van der Waals surface area contributed by atoms with Gasteiger partial charge in [0.15, 0.2) is 0 Å². The quantitative estimate of drug-likeness (QED) is 0.356. The molecule has 1 unspecified atom stereocenters. The molecule has 2 amide bonds. The summed E-state index contributed by atoms with van der Waals surface area (Å²) in [5, 5.41) is 17.5. The third kappa shape index (κ3) is 8.13. The molecule has 1 heterocycles. The second kappa shape index (κ2) is 13.7. The van der Waals surface area contributed by atoms with Crippen LogP contribution in [0.5, 0.6) is 0 Å². The zero-order chi connectivity index (χ0) is 24.2. The Kier molecular flexibility index (Phi) is 10.3. The maximum atomic E-state index is 12.9. The van der Waals surface area contributed by atoms with Crippen LogP contribution in [0.4, 0.5) is 4.79 Å². The molecule has 0 aliphatic carbocycles. The van der Waals surface area contributed by atoms with Crippen molar-refractivity contribution in [2.24, 2.45) is 5.92 Å². The summed E-state index contributed by atoms with van der Waals surface area (Å²) in [4.78, 5) is 23.6. The fourth-order valence-electron chi connectivity index (χ4n) is 4.21. The molecule has 34 heavy (non-hydrogen) atoms. The van der Waals surface area contributed by atoms with Gasteiger partial charge in [-0.1, -0.05) is 42.5 Å². The molecule has 184 valence electrons. The predicted molar refractivity (Wildman–Crippen MR) is 130 cm³/mol. The maximum Gasteiger partial charge on any atom is 0.404 e. The SMILES string of the molecule is CN[C@@H](CNC(=O)c1cccc(C(OCCNC(=O)O)c2ccccc2)c1)C[C@H]1CCCOC1. The third-order valence-corrected chi connectivity index (χ3v) is 6.01. The highest BCUT2D eigenvalue weighted by atomic mass is 16.5. The molecule has 2 aromatic rings. The Balaban J connectivity index is 1.63. The van der Waals surface area contributed by atoms with Gasteiger partial charge in [0.25, 0.3) is 5.91 Å². The van der Waals surface area contributed by atoms with Crippen LogP contribution < -0.4 is 16.0 Å². The number of likely N-dealkylation sites (N-methyl/N-ethyl adjacent to an activating group) is 1. The number of nitrogens with one attached hydrogen (secondary N) is 3. The van der Waals surface area contributed by atoms with E-state index in [1.54, 1.807) is 6.07 Å². The van der Waals surface area contributed by atoms with Crippen molar-refractivity contribution in [2.75, 3.05) is 40.0 Å². The first-order chi connectivity index (χ1) is 16.6. The molecule has 0 bridgehead atoms. The van der Waals surface area contributed by atoms with Crippen LogP contribution in [0.3, 0.4) is 0 Å². The molecule has 1 saturated heterocycles. The van der Waals surface area contributed by atoms with E-state index in [-0.39, 0.29) is 25.1 Å². The lowest BCUT2D eigenvalue weighted by Gasteiger charge is -2.26. The molecule has 8 heteroatoms. The van der Waals surface area contributed by atoms with Gasteiger partial charge in [0.1, 0.15) is 6.10 Å². The molecule has 4 N–H and O–H groups in total. The standard InChI is InChI=1S/C26H35N3O5/c1-27-23(15-19-7-6-13-33-18-19)17-29-25(30)22-11-5-10-21(16-22)24(20-8-3-2-4-9-20)34-14-12-28-26(31)32/h2-5,8-11,16,19,23-24,27-28H,6-7,12-15,17-18H2,1H3,(H,29,30)(H,31,32)/t19-,23-,24?/m1/s1. The number of carbonyl (C=O) groups is 2. The summed E-state index contributed by atoms with van der Waals surface area (Å²) in [6.07, 6.45) is 1.72. The van der Waals surface area contributed by atoms with Gasteiger partial charge in [-0.25, -0.2) is 4.79 Å². The highest BCUT2D eigenvalue weighted by Gasteiger charge is 2.20. The zero-order valence-corrected chi connectivity index (χ0v) is 19.7. The highest BCUT2D eigenvalue weighted by Crippen LogP contribution is 2.26. The highest BCUT2D eigenvalue weighted by molar-refractivity contribution is 5.94. The number of hydrogen-bond acceptors (Lipinski definition) is 5. The minimum absolute atomic E-state index is 0.138. The smallest absolute Gasteiger partial charge is 0.404 e. The average Bonchev–Trinajstić information content (AvgIpc) is 2.87. The number of rotatable bonds is 12. The van der Waals surface area contributed by atoms with Gasteiger partial charge >= 0.3 is 6.09 Å². The summed E-state index contributed by atoms with van der Waals surface area (Å²) in [6, 6.07) is 17.2. The van der Waals surface area contributed by atoms with E-state index in [2.05, 4.69) is 16.0 Å². The van der Waals surface area contributed by atoms with Crippen LogP contribution in [0.1, 0.15) is 46.9 Å². The van der Waals surface area contributed by atoms with Gasteiger partial charge in [-0.15, -0.1) is 0 Å². The third-order valence-electron chi connectivity index (χ3n) is 6.01. The van der Waals surface area contributed by atoms with E-state index in [0.717, 1.165) is 43.6 Å². The van der Waals surface area contributed by atoms with Gasteiger partial charge in [0.2, 0.25) is 0 Å². The largest absolute Gasteiger partial charge is 0.465 e. The number of hydrogen-bond donors (Lipinski definition) is 4. The lowest BCUT2D eigenvalue weighted by molar-refractivity contribution is 0.0478. The minimum Gasteiger partial charge on any atom is -0.465 e. The lowest BCUT2D eigenvalue weighted by Crippen LogP contribution is -2.41. The number of carbonyl (C=O) groups excluding carboxylic acids is 1. The monoisotopic (exact) mass is 469 g/mol. The van der Waals surface area contributed by atoms with E-state index in [9.17, 15) is 9.59 Å². The predicted octanol–water partition coefficient (Wildman–Crippen LogP) is 3.19. The van der Waals surface area contributed by atoms with Gasteiger partial charge in [-0.05, 0) is 55.5 Å². The van der Waals surface area contributed by atoms with Crippen molar-refractivity contribution in [1.82, 2.24) is 16.0 Å². The summed E-state index contributed by atoms with van der Waals surface area (Å²) < 4.78 is 11.6. The number of benzene rings is 2. The summed E-state index contributed by atoms with van der Waals surface area (Å²) in [5.41, 5.74) is 2.32. The van der Waals surface area contributed by atoms with Crippen LogP contribution in [-0.2, 0) is 9.47 Å². The molecule has 0 radical (unpaired) electrons. The fourth-order valence-corrected chi connectivity index (χ4v) is 4.21. The summed E-state index contributed by atoms with van der Waals surface area (Å²) in [5.74, 6) is 0.382. The van der Waals surface area contributed by atoms with Gasteiger partial charge in [-0.2, -0.15) is 0 Å². The first-order valence-corrected chi connectivity index (χ1v) is 11.8. The van der Waals surface area contributed by atoms with E-state index in [1.807, 2.05) is 55.6 Å². The van der Waals surface area contributed by atoms with Crippen LogP contribution in [0.15, 0.2) is 54.6 Å². The number of ether oxygens (including phenoxy) is 2. The molecule has 1 aliphatic heterocycles. The Morgan fingerprint density at radius 1 is 1.12 bits per heavy atom. The van der Waals surface area contributed by atoms with Crippen LogP contribution >= 0.6 is 0 Å². The summed E-state index contributed by atoms with van der Waals surface area (Å²) >= 11 is 0. The minimum atomic E-state index is -1.09. The first-order valence-electron chi connectivity index (χ1n) is 11.8. The Hall–Kier alpha value is -2.94. The molecule has 1 aliphatic rings. The molecule has 1 fully saturated rings.